The van der Waals surface area contributed by atoms with Crippen molar-refractivity contribution in [1.29, 1.82) is 0 Å². The lowest BCUT2D eigenvalue weighted by Crippen LogP contribution is -2.14. The van der Waals surface area contributed by atoms with Crippen LogP contribution in [-0.2, 0) is 22.5 Å². The third kappa shape index (κ3) is 5.12. The molecule has 0 unspecified atom stereocenters. The van der Waals surface area contributed by atoms with Gasteiger partial charge in [-0.25, -0.2) is 9.18 Å². The minimum Gasteiger partial charge on any atom is -0.478 e. The SMILES string of the molecule is CCc1c(C)sc(NC(=O)c2ccc(F)c(COCCOC)c2)c1C(=O)O. The van der Waals surface area contributed by atoms with E-state index < -0.39 is 17.7 Å². The Labute approximate surface area is 160 Å². The minimum absolute atomic E-state index is 0.00871. The van der Waals surface area contributed by atoms with E-state index >= 15 is 0 Å². The van der Waals surface area contributed by atoms with Gasteiger partial charge in [0, 0.05) is 23.1 Å². The van der Waals surface area contributed by atoms with Crippen LogP contribution in [0.4, 0.5) is 9.39 Å². The summed E-state index contributed by atoms with van der Waals surface area (Å²) in [5.74, 6) is -2.06. The maximum absolute atomic E-state index is 13.9. The van der Waals surface area contributed by atoms with Crippen LogP contribution in [-0.4, -0.2) is 37.3 Å². The molecule has 8 heteroatoms. The lowest BCUT2D eigenvalue weighted by atomic mass is 10.1. The number of hydrogen-bond donors (Lipinski definition) is 2. The number of amides is 1. The van der Waals surface area contributed by atoms with E-state index in [1.807, 2.05) is 13.8 Å². The molecule has 6 nitrogen and oxygen atoms in total. The Hall–Kier alpha value is -2.29. The number of nitrogens with one attached hydrogen (secondary N) is 1. The highest BCUT2D eigenvalue weighted by Gasteiger charge is 2.22. The Morgan fingerprint density at radius 2 is 2.04 bits per heavy atom. The zero-order valence-corrected chi connectivity index (χ0v) is 16.2. The lowest BCUT2D eigenvalue weighted by molar-refractivity contribution is 0.0604. The van der Waals surface area contributed by atoms with Gasteiger partial charge < -0.3 is 19.9 Å². The van der Waals surface area contributed by atoms with Crippen molar-refractivity contribution in [3.8, 4) is 0 Å². The quantitative estimate of drug-likeness (QED) is 0.630. The number of carbonyl (C=O) groups excluding carboxylic acids is 1. The number of hydrogen-bond acceptors (Lipinski definition) is 5. The van der Waals surface area contributed by atoms with Crippen molar-refractivity contribution in [2.75, 3.05) is 25.6 Å². The Balaban J connectivity index is 2.20. The van der Waals surface area contributed by atoms with Gasteiger partial charge in [-0.3, -0.25) is 4.79 Å². The van der Waals surface area contributed by atoms with Gasteiger partial charge in [-0.1, -0.05) is 6.92 Å². The number of carboxylic acids is 1. The van der Waals surface area contributed by atoms with Crippen LogP contribution >= 0.6 is 11.3 Å². The highest BCUT2D eigenvalue weighted by molar-refractivity contribution is 7.16. The molecule has 0 aliphatic heterocycles. The number of ether oxygens (including phenoxy) is 2. The Morgan fingerprint density at radius 3 is 2.67 bits per heavy atom. The first kappa shape index (κ1) is 21.0. The van der Waals surface area contributed by atoms with Crippen LogP contribution in [0.3, 0.4) is 0 Å². The Bertz CT molecular complexity index is 834. The van der Waals surface area contributed by atoms with Gasteiger partial charge in [0.05, 0.1) is 25.4 Å². The second-order valence-electron chi connectivity index (χ2n) is 5.81. The largest absolute Gasteiger partial charge is 0.478 e. The number of methoxy groups -OCH3 is 1. The topological polar surface area (TPSA) is 84.9 Å². The summed E-state index contributed by atoms with van der Waals surface area (Å²) in [5.41, 5.74) is 1.28. The molecule has 0 saturated heterocycles. The molecule has 2 N–H and O–H groups in total. The van der Waals surface area contributed by atoms with Crippen molar-refractivity contribution >= 4 is 28.2 Å². The Morgan fingerprint density at radius 1 is 1.30 bits per heavy atom. The number of aromatic carboxylic acids is 1. The van der Waals surface area contributed by atoms with Gasteiger partial charge in [-0.2, -0.15) is 0 Å². The molecule has 0 radical (unpaired) electrons. The van der Waals surface area contributed by atoms with Gasteiger partial charge in [0.1, 0.15) is 10.8 Å². The highest BCUT2D eigenvalue weighted by Crippen LogP contribution is 2.33. The predicted molar refractivity (Wildman–Crippen MR) is 101 cm³/mol. The number of carbonyl (C=O) groups is 2. The van der Waals surface area contributed by atoms with Gasteiger partial charge in [0.2, 0.25) is 0 Å². The molecule has 2 rings (SSSR count). The van der Waals surface area contributed by atoms with Gasteiger partial charge in [0.15, 0.2) is 0 Å². The van der Waals surface area contributed by atoms with Crippen LogP contribution in [0.1, 0.15) is 43.6 Å². The zero-order valence-electron chi connectivity index (χ0n) is 15.4. The van der Waals surface area contributed by atoms with Crippen LogP contribution in [0, 0.1) is 12.7 Å². The summed E-state index contributed by atoms with van der Waals surface area (Å²) in [6.07, 6.45) is 0.555. The van der Waals surface area contributed by atoms with Crippen LogP contribution in [0.2, 0.25) is 0 Å². The molecule has 146 valence electrons. The maximum atomic E-state index is 13.9. The molecule has 0 saturated carbocycles. The molecule has 1 heterocycles. The molecule has 1 amide bonds. The number of benzene rings is 1. The lowest BCUT2D eigenvalue weighted by Gasteiger charge is -2.09. The zero-order chi connectivity index (χ0) is 20.0. The minimum atomic E-state index is -1.09. The van der Waals surface area contributed by atoms with Gasteiger partial charge in [0.25, 0.3) is 5.91 Å². The van der Waals surface area contributed by atoms with Gasteiger partial charge in [-0.05, 0) is 37.1 Å². The van der Waals surface area contributed by atoms with E-state index in [9.17, 15) is 19.1 Å². The first-order valence-corrected chi connectivity index (χ1v) is 9.22. The van der Waals surface area contributed by atoms with E-state index in [0.717, 1.165) is 4.88 Å². The molecule has 1 aromatic carbocycles. The number of anilines is 1. The van der Waals surface area contributed by atoms with Crippen molar-refractivity contribution in [1.82, 2.24) is 0 Å². The third-order valence-corrected chi connectivity index (χ3v) is 5.06. The number of halogens is 1. The normalized spacial score (nSPS) is 10.8. The number of thiophene rings is 1. The molecule has 0 fully saturated rings. The van der Waals surface area contributed by atoms with Crippen molar-refractivity contribution in [2.45, 2.75) is 26.9 Å². The number of aryl methyl sites for hydroxylation is 1. The first-order valence-electron chi connectivity index (χ1n) is 8.41. The van der Waals surface area contributed by atoms with Crippen LogP contribution in [0.5, 0.6) is 0 Å². The average Bonchev–Trinajstić information content (AvgIpc) is 2.95. The molecule has 0 aliphatic rings. The molecule has 0 bridgehead atoms. The summed E-state index contributed by atoms with van der Waals surface area (Å²) in [4.78, 5) is 25.0. The number of carboxylic acid groups (broad SMARTS) is 1. The summed E-state index contributed by atoms with van der Waals surface area (Å²) in [6.45, 7) is 4.39. The second-order valence-corrected chi connectivity index (χ2v) is 7.03. The first-order chi connectivity index (χ1) is 12.9. The molecule has 27 heavy (non-hydrogen) atoms. The van der Waals surface area contributed by atoms with E-state index in [-0.39, 0.29) is 28.3 Å². The smallest absolute Gasteiger partial charge is 0.339 e. The predicted octanol–water partition coefficient (Wildman–Crippen LogP) is 3.87. The standard InChI is InChI=1S/C19H22FNO5S/c1-4-14-11(2)27-18(16(14)19(23)24)21-17(22)12-5-6-15(20)13(9-12)10-26-8-7-25-3/h5-6,9H,4,7-8,10H2,1-3H3,(H,21,22)(H,23,24). The van der Waals surface area contributed by atoms with Crippen LogP contribution < -0.4 is 5.32 Å². The monoisotopic (exact) mass is 395 g/mol. The van der Waals surface area contributed by atoms with Crippen molar-refractivity contribution in [3.63, 3.8) is 0 Å². The Kier molecular flexibility index (Phi) is 7.46. The fourth-order valence-electron chi connectivity index (χ4n) is 2.64. The summed E-state index contributed by atoms with van der Waals surface area (Å²) >= 11 is 1.22. The summed E-state index contributed by atoms with van der Waals surface area (Å²) < 4.78 is 24.1. The highest BCUT2D eigenvalue weighted by atomic mass is 32.1. The van der Waals surface area contributed by atoms with E-state index in [4.69, 9.17) is 9.47 Å². The molecule has 0 spiro atoms. The van der Waals surface area contributed by atoms with E-state index in [1.165, 1.54) is 36.6 Å². The van der Waals surface area contributed by atoms with Crippen LogP contribution in [0.15, 0.2) is 18.2 Å². The van der Waals surface area contributed by atoms with Crippen molar-refractivity contribution in [2.24, 2.45) is 0 Å². The molecule has 0 aliphatic carbocycles. The van der Waals surface area contributed by atoms with E-state index in [2.05, 4.69) is 5.32 Å². The fourth-order valence-corrected chi connectivity index (χ4v) is 3.78. The summed E-state index contributed by atoms with van der Waals surface area (Å²) in [6, 6.07) is 3.95. The number of rotatable bonds is 9. The third-order valence-electron chi connectivity index (χ3n) is 4.00. The van der Waals surface area contributed by atoms with Crippen molar-refractivity contribution < 1.29 is 28.6 Å². The maximum Gasteiger partial charge on any atom is 0.339 e. The van der Waals surface area contributed by atoms with Gasteiger partial charge >= 0.3 is 5.97 Å². The van der Waals surface area contributed by atoms with E-state index in [0.29, 0.717) is 25.2 Å². The molecular weight excluding hydrogens is 373 g/mol. The molecular formula is C19H22FNO5S. The molecule has 1 aromatic heterocycles. The van der Waals surface area contributed by atoms with Crippen molar-refractivity contribution in [3.05, 3.63) is 51.1 Å². The van der Waals surface area contributed by atoms with E-state index in [1.54, 1.807) is 0 Å². The second kappa shape index (κ2) is 9.59. The fraction of sp³-hybridized carbons (Fsp3) is 0.368. The van der Waals surface area contributed by atoms with Crippen LogP contribution in [0.25, 0.3) is 0 Å². The summed E-state index contributed by atoms with van der Waals surface area (Å²) in [7, 11) is 1.54. The average molecular weight is 395 g/mol. The summed E-state index contributed by atoms with van der Waals surface area (Å²) in [5, 5.41) is 12.4. The molecule has 0 atom stereocenters. The van der Waals surface area contributed by atoms with Gasteiger partial charge in [-0.15, -0.1) is 11.3 Å². The molecule has 2 aromatic rings.